The molecule has 0 aliphatic carbocycles. The molecular formula is C21H23FN4O. The van der Waals surface area contributed by atoms with Gasteiger partial charge in [-0.2, -0.15) is 5.10 Å². The van der Waals surface area contributed by atoms with Crippen LogP contribution < -0.4 is 10.6 Å². The Bertz CT molecular complexity index is 965. The van der Waals surface area contributed by atoms with E-state index in [1.54, 1.807) is 19.1 Å². The van der Waals surface area contributed by atoms with Crippen molar-refractivity contribution in [1.82, 2.24) is 15.1 Å². The third kappa shape index (κ3) is 4.94. The van der Waals surface area contributed by atoms with E-state index >= 15 is 0 Å². The number of aromatic nitrogens is 2. The Balaban J connectivity index is 1.59. The third-order valence-electron chi connectivity index (χ3n) is 4.30. The van der Waals surface area contributed by atoms with Crippen molar-refractivity contribution in [2.45, 2.75) is 33.9 Å². The highest BCUT2D eigenvalue weighted by Gasteiger charge is 2.06. The monoisotopic (exact) mass is 366 g/mol. The quantitative estimate of drug-likeness (QED) is 0.707. The van der Waals surface area contributed by atoms with Gasteiger partial charge in [0, 0.05) is 17.9 Å². The Kier molecular flexibility index (Phi) is 5.54. The van der Waals surface area contributed by atoms with Gasteiger partial charge < -0.3 is 10.6 Å². The van der Waals surface area contributed by atoms with Gasteiger partial charge in [0.05, 0.1) is 12.2 Å². The van der Waals surface area contributed by atoms with E-state index in [0.717, 1.165) is 22.5 Å². The molecule has 2 aromatic carbocycles. The highest BCUT2D eigenvalue weighted by atomic mass is 19.1. The largest absolute Gasteiger partial charge is 0.334 e. The molecule has 2 N–H and O–H groups in total. The van der Waals surface area contributed by atoms with Crippen molar-refractivity contribution < 1.29 is 9.18 Å². The fraction of sp³-hybridized carbons (Fsp3) is 0.238. The first-order chi connectivity index (χ1) is 12.9. The molecule has 3 rings (SSSR count). The lowest BCUT2D eigenvalue weighted by Gasteiger charge is -2.10. The lowest BCUT2D eigenvalue weighted by Crippen LogP contribution is -2.28. The fourth-order valence-corrected chi connectivity index (χ4v) is 2.93. The molecule has 1 heterocycles. The first-order valence-electron chi connectivity index (χ1n) is 8.80. The molecule has 140 valence electrons. The third-order valence-corrected chi connectivity index (χ3v) is 4.30. The molecule has 0 saturated carbocycles. The van der Waals surface area contributed by atoms with Crippen LogP contribution in [0.4, 0.5) is 14.9 Å². The minimum absolute atomic E-state index is 0.248. The lowest BCUT2D eigenvalue weighted by molar-refractivity contribution is 0.251. The summed E-state index contributed by atoms with van der Waals surface area (Å²) in [5.74, 6) is -0.248. The van der Waals surface area contributed by atoms with Gasteiger partial charge in [0.1, 0.15) is 5.82 Å². The number of rotatable bonds is 5. The summed E-state index contributed by atoms with van der Waals surface area (Å²) in [6.07, 6.45) is 0. The average molecular weight is 366 g/mol. The van der Waals surface area contributed by atoms with E-state index in [1.807, 2.05) is 48.9 Å². The van der Waals surface area contributed by atoms with E-state index in [4.69, 9.17) is 0 Å². The van der Waals surface area contributed by atoms with E-state index in [0.29, 0.717) is 24.3 Å². The molecule has 6 heteroatoms. The van der Waals surface area contributed by atoms with Crippen LogP contribution in [0.3, 0.4) is 0 Å². The first-order valence-corrected chi connectivity index (χ1v) is 8.80. The molecule has 0 bridgehead atoms. The second-order valence-electron chi connectivity index (χ2n) is 6.68. The predicted molar refractivity (Wildman–Crippen MR) is 104 cm³/mol. The van der Waals surface area contributed by atoms with Crippen molar-refractivity contribution in [3.63, 3.8) is 0 Å². The van der Waals surface area contributed by atoms with Crippen molar-refractivity contribution in [2.75, 3.05) is 5.32 Å². The van der Waals surface area contributed by atoms with E-state index in [-0.39, 0.29) is 11.8 Å². The zero-order valence-electron chi connectivity index (χ0n) is 15.7. The van der Waals surface area contributed by atoms with Gasteiger partial charge in [-0.1, -0.05) is 24.3 Å². The number of anilines is 1. The maximum atomic E-state index is 13.3. The van der Waals surface area contributed by atoms with Gasteiger partial charge in [-0.15, -0.1) is 0 Å². The van der Waals surface area contributed by atoms with E-state index in [9.17, 15) is 9.18 Å². The van der Waals surface area contributed by atoms with Gasteiger partial charge in [0.15, 0.2) is 0 Å². The van der Waals surface area contributed by atoms with Crippen LogP contribution >= 0.6 is 0 Å². The van der Waals surface area contributed by atoms with Crippen LogP contribution in [0.25, 0.3) is 0 Å². The van der Waals surface area contributed by atoms with Crippen molar-refractivity contribution >= 4 is 11.7 Å². The number of hydrogen-bond acceptors (Lipinski definition) is 2. The van der Waals surface area contributed by atoms with Crippen LogP contribution in [0.15, 0.2) is 48.5 Å². The van der Waals surface area contributed by atoms with Crippen LogP contribution in [0.1, 0.15) is 28.1 Å². The Morgan fingerprint density at radius 3 is 2.59 bits per heavy atom. The molecule has 0 aliphatic heterocycles. The maximum Gasteiger partial charge on any atom is 0.319 e. The standard InChI is InChI=1S/C21H23FN4O/c1-14-9-17(7-8-20(14)22)12-23-21(27)24-19-6-4-5-18(11-19)13-26-16(3)10-15(2)25-26/h4-11H,12-13H2,1-3H3,(H2,23,24,27). The van der Waals surface area contributed by atoms with Gasteiger partial charge >= 0.3 is 6.03 Å². The molecule has 5 nitrogen and oxygen atoms in total. The predicted octanol–water partition coefficient (Wildman–Crippen LogP) is 4.32. The molecule has 0 saturated heterocycles. The summed E-state index contributed by atoms with van der Waals surface area (Å²) >= 11 is 0. The summed E-state index contributed by atoms with van der Waals surface area (Å²) in [7, 11) is 0. The Labute approximate surface area is 158 Å². The summed E-state index contributed by atoms with van der Waals surface area (Å²) in [5.41, 5.74) is 5.25. The number of carbonyl (C=O) groups excluding carboxylic acids is 1. The molecule has 0 aliphatic rings. The SMILES string of the molecule is Cc1cc(C)n(Cc2cccc(NC(=O)NCc3ccc(F)c(C)c3)c2)n1. The first kappa shape index (κ1) is 18.6. The maximum absolute atomic E-state index is 13.3. The molecule has 0 spiro atoms. The lowest BCUT2D eigenvalue weighted by atomic mass is 10.1. The van der Waals surface area contributed by atoms with E-state index < -0.39 is 0 Å². The van der Waals surface area contributed by atoms with Crippen LogP contribution in [-0.4, -0.2) is 15.8 Å². The second-order valence-corrected chi connectivity index (χ2v) is 6.68. The number of nitrogens with zero attached hydrogens (tertiary/aromatic N) is 2. The minimum atomic E-state index is -0.305. The van der Waals surface area contributed by atoms with Crippen molar-refractivity contribution in [1.29, 1.82) is 0 Å². The molecule has 1 aromatic heterocycles. The molecule has 0 unspecified atom stereocenters. The van der Waals surface area contributed by atoms with E-state index in [2.05, 4.69) is 15.7 Å². The van der Waals surface area contributed by atoms with Gasteiger partial charge in [-0.25, -0.2) is 9.18 Å². The van der Waals surface area contributed by atoms with Gasteiger partial charge in [-0.05, 0) is 61.7 Å². The number of urea groups is 1. The number of halogens is 1. The summed E-state index contributed by atoms with van der Waals surface area (Å²) in [4.78, 5) is 12.2. The summed E-state index contributed by atoms with van der Waals surface area (Å²) < 4.78 is 15.2. The number of hydrogen-bond donors (Lipinski definition) is 2. The minimum Gasteiger partial charge on any atom is -0.334 e. The summed E-state index contributed by atoms with van der Waals surface area (Å²) in [6, 6.07) is 14.2. The summed E-state index contributed by atoms with van der Waals surface area (Å²) in [5, 5.41) is 10.1. The highest BCUT2D eigenvalue weighted by Crippen LogP contribution is 2.14. The molecule has 0 radical (unpaired) electrons. The Morgan fingerprint density at radius 2 is 1.89 bits per heavy atom. The van der Waals surface area contributed by atoms with E-state index in [1.165, 1.54) is 6.07 Å². The van der Waals surface area contributed by atoms with Crippen molar-refractivity contribution in [3.05, 3.63) is 82.4 Å². The fourth-order valence-electron chi connectivity index (χ4n) is 2.93. The van der Waals surface area contributed by atoms with Crippen LogP contribution in [0, 0.1) is 26.6 Å². The van der Waals surface area contributed by atoms with Gasteiger partial charge in [0.2, 0.25) is 0 Å². The molecule has 2 amide bonds. The smallest absolute Gasteiger partial charge is 0.319 e. The number of nitrogens with one attached hydrogen (secondary N) is 2. The summed E-state index contributed by atoms with van der Waals surface area (Å²) in [6.45, 7) is 6.67. The number of amides is 2. The molecule has 0 atom stereocenters. The Morgan fingerprint density at radius 1 is 1.07 bits per heavy atom. The topological polar surface area (TPSA) is 59.0 Å². The number of benzene rings is 2. The zero-order chi connectivity index (χ0) is 19.4. The molecule has 3 aromatic rings. The number of aryl methyl sites for hydroxylation is 3. The Hall–Kier alpha value is -3.15. The highest BCUT2D eigenvalue weighted by molar-refractivity contribution is 5.89. The number of carbonyl (C=O) groups is 1. The second kappa shape index (κ2) is 8.03. The molecular weight excluding hydrogens is 343 g/mol. The van der Waals surface area contributed by atoms with Gasteiger partial charge in [-0.3, -0.25) is 4.68 Å². The van der Waals surface area contributed by atoms with Crippen LogP contribution in [0.5, 0.6) is 0 Å². The molecule has 0 fully saturated rings. The zero-order valence-corrected chi connectivity index (χ0v) is 15.7. The average Bonchev–Trinajstić information content (AvgIpc) is 2.93. The van der Waals surface area contributed by atoms with Crippen LogP contribution in [0.2, 0.25) is 0 Å². The molecule has 27 heavy (non-hydrogen) atoms. The van der Waals surface area contributed by atoms with Gasteiger partial charge in [0.25, 0.3) is 0 Å². The van der Waals surface area contributed by atoms with Crippen molar-refractivity contribution in [2.24, 2.45) is 0 Å². The van der Waals surface area contributed by atoms with Crippen molar-refractivity contribution in [3.8, 4) is 0 Å². The normalized spacial score (nSPS) is 10.7. The van der Waals surface area contributed by atoms with Crippen LogP contribution in [-0.2, 0) is 13.1 Å².